The summed E-state index contributed by atoms with van der Waals surface area (Å²) in [6.45, 7) is -2.36. The summed E-state index contributed by atoms with van der Waals surface area (Å²) in [6.07, 6.45) is -1.53. The van der Waals surface area contributed by atoms with E-state index in [-0.39, 0.29) is 5.69 Å². The lowest BCUT2D eigenvalue weighted by Gasteiger charge is -2.21. The maximum Gasteiger partial charge on any atom is 0.406 e. The molecule has 1 amide bonds. The summed E-state index contributed by atoms with van der Waals surface area (Å²) in [4.78, 5) is 16.5. The summed E-state index contributed by atoms with van der Waals surface area (Å²) < 4.78 is 38.8. The number of aliphatic hydroxyl groups excluding tert-OH is 1. The van der Waals surface area contributed by atoms with Gasteiger partial charge in [-0.2, -0.15) is 13.2 Å². The molecule has 0 saturated heterocycles. The molecular weight excluding hydrogens is 275 g/mol. The van der Waals surface area contributed by atoms with Crippen LogP contribution in [0.5, 0.6) is 0 Å². The van der Waals surface area contributed by atoms with Gasteiger partial charge in [-0.15, -0.1) is 0 Å². The Morgan fingerprint density at radius 1 is 1.40 bits per heavy atom. The minimum Gasteiger partial charge on any atom is -0.395 e. The van der Waals surface area contributed by atoms with E-state index in [2.05, 4.69) is 4.98 Å². The van der Waals surface area contributed by atoms with Crippen LogP contribution < -0.4 is 0 Å². The van der Waals surface area contributed by atoms with Gasteiger partial charge in [0.2, 0.25) is 0 Å². The van der Waals surface area contributed by atoms with Crippen LogP contribution in [-0.4, -0.2) is 51.2 Å². The number of fused-ring (bicyclic) bond motifs is 1. The molecule has 0 saturated carbocycles. The van der Waals surface area contributed by atoms with Gasteiger partial charge >= 0.3 is 6.18 Å². The Kier molecular flexibility index (Phi) is 3.93. The number of aliphatic hydroxyl groups is 1. The molecule has 2 aromatic rings. The predicted molar refractivity (Wildman–Crippen MR) is 64.2 cm³/mol. The number of amides is 1. The lowest BCUT2D eigenvalue weighted by atomic mass is 10.3. The fourth-order valence-electron chi connectivity index (χ4n) is 1.79. The number of alkyl halides is 3. The zero-order valence-corrected chi connectivity index (χ0v) is 10.3. The van der Waals surface area contributed by atoms with Crippen LogP contribution in [0.15, 0.2) is 30.6 Å². The highest BCUT2D eigenvalue weighted by Crippen LogP contribution is 2.18. The summed E-state index contributed by atoms with van der Waals surface area (Å²) in [5.74, 6) is -0.861. The van der Waals surface area contributed by atoms with E-state index in [1.54, 1.807) is 24.4 Å². The second kappa shape index (κ2) is 5.49. The van der Waals surface area contributed by atoms with Gasteiger partial charge in [0.1, 0.15) is 17.9 Å². The van der Waals surface area contributed by atoms with E-state index in [1.165, 1.54) is 10.6 Å². The maximum absolute atomic E-state index is 12.4. The summed E-state index contributed by atoms with van der Waals surface area (Å²) in [5.41, 5.74) is 0.376. The molecule has 0 aliphatic heterocycles. The number of hydrogen-bond donors (Lipinski definition) is 1. The van der Waals surface area contributed by atoms with Crippen molar-refractivity contribution in [2.24, 2.45) is 0 Å². The van der Waals surface area contributed by atoms with Crippen molar-refractivity contribution in [3.05, 3.63) is 36.3 Å². The Labute approximate surface area is 112 Å². The smallest absolute Gasteiger partial charge is 0.395 e. The molecule has 0 bridgehead atoms. The van der Waals surface area contributed by atoms with Crippen molar-refractivity contribution in [2.75, 3.05) is 19.7 Å². The molecule has 0 unspecified atom stereocenters. The average Bonchev–Trinajstić information content (AvgIpc) is 2.79. The average molecular weight is 287 g/mol. The minimum atomic E-state index is -4.52. The molecule has 2 aromatic heterocycles. The molecule has 1 N–H and O–H groups in total. The van der Waals surface area contributed by atoms with Crippen molar-refractivity contribution in [2.45, 2.75) is 6.18 Å². The largest absolute Gasteiger partial charge is 0.406 e. The molecule has 0 atom stereocenters. The molecule has 0 spiro atoms. The van der Waals surface area contributed by atoms with Crippen LogP contribution in [0.25, 0.3) is 5.65 Å². The Morgan fingerprint density at radius 2 is 2.15 bits per heavy atom. The zero-order valence-electron chi connectivity index (χ0n) is 10.3. The van der Waals surface area contributed by atoms with Crippen LogP contribution in [0.2, 0.25) is 0 Å². The monoisotopic (exact) mass is 287 g/mol. The van der Waals surface area contributed by atoms with Gasteiger partial charge < -0.3 is 14.4 Å². The number of carbonyl (C=O) groups excluding carboxylic acids is 1. The molecule has 8 heteroatoms. The van der Waals surface area contributed by atoms with Gasteiger partial charge in [-0.1, -0.05) is 6.07 Å². The van der Waals surface area contributed by atoms with Crippen LogP contribution in [-0.2, 0) is 0 Å². The predicted octanol–water partition coefficient (Wildman–Crippen LogP) is 1.33. The van der Waals surface area contributed by atoms with Crippen LogP contribution in [0, 0.1) is 0 Å². The molecule has 5 nitrogen and oxygen atoms in total. The maximum atomic E-state index is 12.4. The van der Waals surface area contributed by atoms with Gasteiger partial charge in [-0.25, -0.2) is 4.98 Å². The summed E-state index contributed by atoms with van der Waals surface area (Å²) in [7, 11) is 0. The molecule has 108 valence electrons. The Hall–Kier alpha value is -2.09. The van der Waals surface area contributed by atoms with Crippen molar-refractivity contribution >= 4 is 11.6 Å². The second-order valence-corrected chi connectivity index (χ2v) is 4.16. The summed E-state index contributed by atoms with van der Waals surface area (Å²) in [5, 5.41) is 8.78. The third kappa shape index (κ3) is 3.27. The zero-order chi connectivity index (χ0) is 14.8. The van der Waals surface area contributed by atoms with E-state index in [0.29, 0.717) is 10.5 Å². The first kappa shape index (κ1) is 14.3. The van der Waals surface area contributed by atoms with Gasteiger partial charge in [0, 0.05) is 18.9 Å². The first-order valence-electron chi connectivity index (χ1n) is 5.81. The molecule has 0 aliphatic rings. The Balaban J connectivity index is 2.26. The number of hydrogen-bond acceptors (Lipinski definition) is 3. The van der Waals surface area contributed by atoms with Gasteiger partial charge in [0.15, 0.2) is 0 Å². The fourth-order valence-corrected chi connectivity index (χ4v) is 1.79. The van der Waals surface area contributed by atoms with Crippen LogP contribution in [0.4, 0.5) is 13.2 Å². The van der Waals surface area contributed by atoms with Gasteiger partial charge in [-0.3, -0.25) is 4.79 Å². The lowest BCUT2D eigenvalue weighted by molar-refractivity contribution is -0.141. The number of nitrogens with zero attached hydrogens (tertiary/aromatic N) is 3. The Morgan fingerprint density at radius 3 is 2.75 bits per heavy atom. The molecule has 0 fully saturated rings. The van der Waals surface area contributed by atoms with Crippen molar-refractivity contribution in [3.8, 4) is 0 Å². The topological polar surface area (TPSA) is 57.8 Å². The fraction of sp³-hybridized carbons (Fsp3) is 0.333. The van der Waals surface area contributed by atoms with Crippen LogP contribution in [0.3, 0.4) is 0 Å². The van der Waals surface area contributed by atoms with E-state index in [4.69, 9.17) is 5.11 Å². The number of halogens is 3. The van der Waals surface area contributed by atoms with E-state index in [1.807, 2.05) is 0 Å². The molecule has 0 aromatic carbocycles. The third-order valence-electron chi connectivity index (χ3n) is 2.61. The van der Waals surface area contributed by atoms with Crippen LogP contribution in [0.1, 0.15) is 10.5 Å². The molecule has 0 radical (unpaired) electrons. The standard InChI is InChI=1S/C12H12F3N3O2/c13-12(14,15)8-18(5-6-19)11(20)9-7-17-4-2-1-3-10(17)16-9/h1-4,7,19H,5-6,8H2. The quantitative estimate of drug-likeness (QED) is 0.923. The highest BCUT2D eigenvalue weighted by atomic mass is 19.4. The van der Waals surface area contributed by atoms with Gasteiger partial charge in [0.25, 0.3) is 5.91 Å². The summed E-state index contributed by atoms with van der Waals surface area (Å²) >= 11 is 0. The van der Waals surface area contributed by atoms with Crippen molar-refractivity contribution in [3.63, 3.8) is 0 Å². The van der Waals surface area contributed by atoms with E-state index < -0.39 is 31.8 Å². The molecule has 0 aliphatic carbocycles. The number of aromatic nitrogens is 2. The van der Waals surface area contributed by atoms with E-state index >= 15 is 0 Å². The third-order valence-corrected chi connectivity index (χ3v) is 2.61. The first-order valence-corrected chi connectivity index (χ1v) is 5.81. The molecule has 2 heterocycles. The van der Waals surface area contributed by atoms with Gasteiger partial charge in [-0.05, 0) is 12.1 Å². The SMILES string of the molecule is O=C(c1cn2ccccc2n1)N(CCO)CC(F)(F)F. The second-order valence-electron chi connectivity index (χ2n) is 4.16. The Bertz CT molecular complexity index is 576. The number of rotatable bonds is 4. The summed E-state index contributed by atoms with van der Waals surface area (Å²) in [6, 6.07) is 5.05. The molecule has 2 rings (SSSR count). The van der Waals surface area contributed by atoms with Crippen molar-refractivity contribution in [1.29, 1.82) is 0 Å². The highest BCUT2D eigenvalue weighted by Gasteiger charge is 2.33. The number of carbonyl (C=O) groups is 1. The normalized spacial score (nSPS) is 11.8. The highest BCUT2D eigenvalue weighted by molar-refractivity contribution is 5.93. The number of pyridine rings is 1. The molecular formula is C12H12F3N3O2. The van der Waals surface area contributed by atoms with E-state index in [9.17, 15) is 18.0 Å². The molecule has 20 heavy (non-hydrogen) atoms. The minimum absolute atomic E-state index is 0.0890. The van der Waals surface area contributed by atoms with Gasteiger partial charge in [0.05, 0.1) is 6.61 Å². The first-order chi connectivity index (χ1) is 9.40. The van der Waals surface area contributed by atoms with E-state index in [0.717, 1.165) is 0 Å². The van der Waals surface area contributed by atoms with Crippen molar-refractivity contribution < 1.29 is 23.1 Å². The van der Waals surface area contributed by atoms with Crippen molar-refractivity contribution in [1.82, 2.24) is 14.3 Å². The number of imidazole rings is 1. The van der Waals surface area contributed by atoms with Crippen LogP contribution >= 0.6 is 0 Å². The lowest BCUT2D eigenvalue weighted by Crippen LogP contribution is -2.40.